The van der Waals surface area contributed by atoms with Crippen LogP contribution in [0.2, 0.25) is 0 Å². The van der Waals surface area contributed by atoms with Crippen LogP contribution in [0, 0.1) is 0 Å². The lowest BCUT2D eigenvalue weighted by Gasteiger charge is -2.30. The van der Waals surface area contributed by atoms with Crippen molar-refractivity contribution in [1.82, 2.24) is 15.5 Å². The molecule has 1 saturated heterocycles. The maximum absolute atomic E-state index is 11.3. The van der Waals surface area contributed by atoms with Crippen LogP contribution in [0.4, 0.5) is 0 Å². The van der Waals surface area contributed by atoms with Crippen LogP contribution >= 0.6 is 0 Å². The zero-order valence-electron chi connectivity index (χ0n) is 8.71. The molecule has 1 fully saturated rings. The van der Waals surface area contributed by atoms with E-state index in [-0.39, 0.29) is 30.8 Å². The van der Waals surface area contributed by atoms with E-state index in [1.807, 2.05) is 0 Å². The van der Waals surface area contributed by atoms with Gasteiger partial charge >= 0.3 is 0 Å². The van der Waals surface area contributed by atoms with Crippen LogP contribution < -0.4 is 10.6 Å². The van der Waals surface area contributed by atoms with Crippen molar-refractivity contribution in [2.24, 2.45) is 0 Å². The first-order valence-electron chi connectivity index (χ1n) is 4.88. The molecule has 6 nitrogen and oxygen atoms in total. The lowest BCUT2D eigenvalue weighted by molar-refractivity contribution is -0.135. The van der Waals surface area contributed by atoms with E-state index in [9.17, 15) is 14.4 Å². The predicted octanol–water partition coefficient (Wildman–Crippen LogP) is -1.53. The highest BCUT2D eigenvalue weighted by atomic mass is 16.2. The van der Waals surface area contributed by atoms with Gasteiger partial charge in [-0.15, -0.1) is 0 Å². The smallest absolute Gasteiger partial charge is 0.241 e. The summed E-state index contributed by atoms with van der Waals surface area (Å²) in [5, 5.41) is 4.79. The molecular weight excluding hydrogens is 198 g/mol. The van der Waals surface area contributed by atoms with Crippen molar-refractivity contribution < 1.29 is 14.4 Å². The van der Waals surface area contributed by atoms with Gasteiger partial charge in [-0.05, 0) is 6.42 Å². The Bertz CT molecular complexity index is 274. The minimum atomic E-state index is -0.348. The Kier molecular flexibility index (Phi) is 4.08. The van der Waals surface area contributed by atoms with Crippen molar-refractivity contribution in [3.63, 3.8) is 0 Å². The van der Waals surface area contributed by atoms with Crippen LogP contribution in [0.3, 0.4) is 0 Å². The standard InChI is InChI=1S/C9H15N3O3/c1-7(13)10-5-8(14)11-6-9(15)12-3-2-4-12/h2-6H2,1H3,(H,10,13)(H,11,14). The molecule has 0 radical (unpaired) electrons. The third kappa shape index (κ3) is 3.97. The van der Waals surface area contributed by atoms with E-state index in [0.29, 0.717) is 0 Å². The third-order valence-electron chi connectivity index (χ3n) is 2.14. The molecule has 1 heterocycles. The molecule has 15 heavy (non-hydrogen) atoms. The number of carbonyl (C=O) groups is 3. The Balaban J connectivity index is 2.10. The number of carbonyl (C=O) groups excluding carboxylic acids is 3. The fraction of sp³-hybridized carbons (Fsp3) is 0.667. The van der Waals surface area contributed by atoms with Gasteiger partial charge in [-0.1, -0.05) is 0 Å². The van der Waals surface area contributed by atoms with Gasteiger partial charge in [0.25, 0.3) is 0 Å². The largest absolute Gasteiger partial charge is 0.347 e. The number of nitrogens with zero attached hydrogens (tertiary/aromatic N) is 1. The summed E-state index contributed by atoms with van der Waals surface area (Å²) < 4.78 is 0. The molecule has 0 aromatic heterocycles. The molecule has 1 aliphatic heterocycles. The average Bonchev–Trinajstić information content (AvgIpc) is 2.08. The molecule has 0 spiro atoms. The zero-order chi connectivity index (χ0) is 11.3. The lowest BCUT2D eigenvalue weighted by Crippen LogP contribution is -2.48. The van der Waals surface area contributed by atoms with Gasteiger partial charge in [0.2, 0.25) is 17.7 Å². The second kappa shape index (κ2) is 5.33. The highest BCUT2D eigenvalue weighted by Gasteiger charge is 2.19. The minimum absolute atomic E-state index is 0.0123. The molecular formula is C9H15N3O3. The van der Waals surface area contributed by atoms with Gasteiger partial charge in [-0.3, -0.25) is 14.4 Å². The lowest BCUT2D eigenvalue weighted by atomic mass is 10.2. The first kappa shape index (κ1) is 11.5. The Morgan fingerprint density at radius 1 is 1.13 bits per heavy atom. The monoisotopic (exact) mass is 213 g/mol. The molecule has 0 saturated carbocycles. The summed E-state index contributed by atoms with van der Waals surface area (Å²) in [5.74, 6) is -0.685. The second-order valence-corrected chi connectivity index (χ2v) is 3.42. The fourth-order valence-corrected chi connectivity index (χ4v) is 1.12. The van der Waals surface area contributed by atoms with Crippen LogP contribution in [-0.2, 0) is 14.4 Å². The van der Waals surface area contributed by atoms with Gasteiger partial charge in [-0.25, -0.2) is 0 Å². The minimum Gasteiger partial charge on any atom is -0.347 e. The van der Waals surface area contributed by atoms with E-state index in [4.69, 9.17) is 0 Å². The van der Waals surface area contributed by atoms with Gasteiger partial charge in [0.1, 0.15) is 0 Å². The van der Waals surface area contributed by atoms with Crippen LogP contribution in [0.1, 0.15) is 13.3 Å². The Morgan fingerprint density at radius 2 is 1.80 bits per heavy atom. The summed E-state index contributed by atoms with van der Waals surface area (Å²) in [5.41, 5.74) is 0. The quantitative estimate of drug-likeness (QED) is 0.594. The van der Waals surface area contributed by atoms with E-state index >= 15 is 0 Å². The Labute approximate surface area is 88.0 Å². The molecule has 1 rings (SSSR count). The Morgan fingerprint density at radius 3 is 2.27 bits per heavy atom. The molecule has 3 amide bonds. The Hall–Kier alpha value is -1.59. The molecule has 1 aliphatic rings. The summed E-state index contributed by atoms with van der Waals surface area (Å²) in [6.45, 7) is 2.82. The van der Waals surface area contributed by atoms with Crippen LogP contribution in [0.5, 0.6) is 0 Å². The highest BCUT2D eigenvalue weighted by molar-refractivity contribution is 5.87. The van der Waals surface area contributed by atoms with Crippen molar-refractivity contribution in [2.45, 2.75) is 13.3 Å². The number of hydrogen-bond acceptors (Lipinski definition) is 3. The van der Waals surface area contributed by atoms with Gasteiger partial charge in [0.05, 0.1) is 13.1 Å². The number of rotatable bonds is 4. The molecule has 84 valence electrons. The van der Waals surface area contributed by atoms with Gasteiger partial charge in [0, 0.05) is 20.0 Å². The van der Waals surface area contributed by atoms with Gasteiger partial charge in [-0.2, -0.15) is 0 Å². The summed E-state index contributed by atoms with van der Waals surface area (Å²) in [6, 6.07) is 0. The van der Waals surface area contributed by atoms with Gasteiger partial charge < -0.3 is 15.5 Å². The molecule has 0 unspecified atom stereocenters. The zero-order valence-corrected chi connectivity index (χ0v) is 8.71. The van der Waals surface area contributed by atoms with Crippen LogP contribution in [-0.4, -0.2) is 48.8 Å². The van der Waals surface area contributed by atoms with E-state index in [1.165, 1.54) is 6.92 Å². The second-order valence-electron chi connectivity index (χ2n) is 3.42. The van der Waals surface area contributed by atoms with Crippen LogP contribution in [0.15, 0.2) is 0 Å². The van der Waals surface area contributed by atoms with Crippen molar-refractivity contribution in [1.29, 1.82) is 0 Å². The summed E-state index contributed by atoms with van der Waals surface area (Å²) in [7, 11) is 0. The summed E-state index contributed by atoms with van der Waals surface area (Å²) in [4.78, 5) is 34.5. The molecule has 0 atom stereocenters. The summed E-state index contributed by atoms with van der Waals surface area (Å²) in [6.07, 6.45) is 1.03. The summed E-state index contributed by atoms with van der Waals surface area (Å²) >= 11 is 0. The number of nitrogens with one attached hydrogen (secondary N) is 2. The molecule has 0 bridgehead atoms. The van der Waals surface area contributed by atoms with Crippen molar-refractivity contribution >= 4 is 17.7 Å². The number of amides is 3. The number of likely N-dealkylation sites (tertiary alicyclic amines) is 1. The van der Waals surface area contributed by atoms with Gasteiger partial charge in [0.15, 0.2) is 0 Å². The SMILES string of the molecule is CC(=O)NCC(=O)NCC(=O)N1CCC1. The first-order chi connectivity index (χ1) is 7.09. The van der Waals surface area contributed by atoms with E-state index in [2.05, 4.69) is 10.6 Å². The third-order valence-corrected chi connectivity index (χ3v) is 2.14. The number of hydrogen-bond donors (Lipinski definition) is 2. The molecule has 0 aromatic rings. The van der Waals surface area contributed by atoms with Crippen LogP contribution in [0.25, 0.3) is 0 Å². The molecule has 6 heteroatoms. The molecule has 0 aromatic carbocycles. The van der Waals surface area contributed by atoms with E-state index in [0.717, 1.165) is 19.5 Å². The topological polar surface area (TPSA) is 78.5 Å². The van der Waals surface area contributed by atoms with Crippen molar-refractivity contribution in [3.8, 4) is 0 Å². The first-order valence-corrected chi connectivity index (χ1v) is 4.88. The maximum Gasteiger partial charge on any atom is 0.241 e. The molecule has 0 aliphatic carbocycles. The highest BCUT2D eigenvalue weighted by Crippen LogP contribution is 2.04. The van der Waals surface area contributed by atoms with E-state index in [1.54, 1.807) is 4.90 Å². The normalized spacial score (nSPS) is 14.1. The van der Waals surface area contributed by atoms with Crippen molar-refractivity contribution in [2.75, 3.05) is 26.2 Å². The average molecular weight is 213 g/mol. The van der Waals surface area contributed by atoms with E-state index < -0.39 is 0 Å². The predicted molar refractivity (Wildman–Crippen MR) is 52.9 cm³/mol. The van der Waals surface area contributed by atoms with Crippen molar-refractivity contribution in [3.05, 3.63) is 0 Å². The maximum atomic E-state index is 11.3. The molecule has 2 N–H and O–H groups in total. The fourth-order valence-electron chi connectivity index (χ4n) is 1.12.